The molecule has 2 rings (SSSR count). The molecule has 3 heteroatoms. The van der Waals surface area contributed by atoms with Gasteiger partial charge in [0.15, 0.2) is 0 Å². The monoisotopic (exact) mass is 271 g/mol. The quantitative estimate of drug-likeness (QED) is 0.858. The number of nitrogens with two attached hydrogens (primary N) is 1. The molecule has 1 aromatic rings. The molecule has 1 aromatic heterocycles. The topological polar surface area (TPSA) is 26.0 Å². The van der Waals surface area contributed by atoms with Crippen molar-refractivity contribution in [3.05, 3.63) is 21.3 Å². The molecule has 1 nitrogen and oxygen atoms in total. The van der Waals surface area contributed by atoms with Crippen molar-refractivity contribution in [2.45, 2.75) is 45.4 Å². The maximum absolute atomic E-state index is 6.08. The number of hydrogen-bond donors (Lipinski definition) is 1. The van der Waals surface area contributed by atoms with Gasteiger partial charge in [-0.3, -0.25) is 0 Å². The zero-order valence-electron chi connectivity index (χ0n) is 10.5. The standard InChI is InChI=1S/C14H22ClNS/c1-2-11-4-3-7-14(8-11,10-16)9-12-5-6-13(15)17-12/h5-6,11H,2-4,7-10,16H2,1H3. The molecule has 1 saturated carbocycles. The first kappa shape index (κ1) is 13.4. The molecule has 96 valence electrons. The summed E-state index contributed by atoms with van der Waals surface area (Å²) in [6, 6.07) is 4.17. The summed E-state index contributed by atoms with van der Waals surface area (Å²) in [5.41, 5.74) is 6.42. The van der Waals surface area contributed by atoms with Gasteiger partial charge in [0.1, 0.15) is 0 Å². The Balaban J connectivity index is 2.08. The van der Waals surface area contributed by atoms with E-state index < -0.39 is 0 Å². The molecule has 0 spiro atoms. The van der Waals surface area contributed by atoms with Crippen molar-refractivity contribution in [1.29, 1.82) is 0 Å². The van der Waals surface area contributed by atoms with Gasteiger partial charge in [0.05, 0.1) is 4.34 Å². The number of halogens is 1. The van der Waals surface area contributed by atoms with Crippen LogP contribution in [0.4, 0.5) is 0 Å². The Kier molecular flexibility index (Phi) is 4.51. The highest BCUT2D eigenvalue weighted by atomic mass is 35.5. The lowest BCUT2D eigenvalue weighted by Crippen LogP contribution is -2.37. The van der Waals surface area contributed by atoms with Gasteiger partial charge in [-0.2, -0.15) is 0 Å². The van der Waals surface area contributed by atoms with E-state index in [1.54, 1.807) is 11.3 Å². The number of rotatable bonds is 4. The summed E-state index contributed by atoms with van der Waals surface area (Å²) in [7, 11) is 0. The fraction of sp³-hybridized carbons (Fsp3) is 0.714. The lowest BCUT2D eigenvalue weighted by atomic mass is 9.67. The van der Waals surface area contributed by atoms with Crippen molar-refractivity contribution in [1.82, 2.24) is 0 Å². The lowest BCUT2D eigenvalue weighted by Gasteiger charge is -2.40. The Hall–Kier alpha value is -0.0500. The highest BCUT2D eigenvalue weighted by Crippen LogP contribution is 2.43. The molecule has 2 N–H and O–H groups in total. The van der Waals surface area contributed by atoms with E-state index in [9.17, 15) is 0 Å². The SMILES string of the molecule is CCC1CCCC(CN)(Cc2ccc(Cl)s2)C1. The molecule has 1 aliphatic carbocycles. The van der Waals surface area contributed by atoms with Crippen molar-refractivity contribution in [3.63, 3.8) is 0 Å². The first-order valence-electron chi connectivity index (χ1n) is 6.62. The summed E-state index contributed by atoms with van der Waals surface area (Å²) in [4.78, 5) is 1.40. The summed E-state index contributed by atoms with van der Waals surface area (Å²) < 4.78 is 0.898. The van der Waals surface area contributed by atoms with Crippen LogP contribution in [0.15, 0.2) is 12.1 Å². The molecule has 17 heavy (non-hydrogen) atoms. The smallest absolute Gasteiger partial charge is 0.0931 e. The second-order valence-electron chi connectivity index (χ2n) is 5.46. The van der Waals surface area contributed by atoms with Crippen LogP contribution in [0.1, 0.15) is 43.9 Å². The van der Waals surface area contributed by atoms with Gasteiger partial charge in [-0.1, -0.05) is 37.8 Å². The molecule has 1 aliphatic rings. The van der Waals surface area contributed by atoms with Gasteiger partial charge in [0.2, 0.25) is 0 Å². The maximum Gasteiger partial charge on any atom is 0.0931 e. The van der Waals surface area contributed by atoms with E-state index in [0.29, 0.717) is 5.41 Å². The van der Waals surface area contributed by atoms with Crippen LogP contribution in [0.25, 0.3) is 0 Å². The van der Waals surface area contributed by atoms with Crippen molar-refractivity contribution < 1.29 is 0 Å². The fourth-order valence-electron chi connectivity index (χ4n) is 3.17. The zero-order chi connectivity index (χ0) is 12.3. The molecule has 1 heterocycles. The normalized spacial score (nSPS) is 29.5. The molecular formula is C14H22ClNS. The molecule has 0 radical (unpaired) electrons. The first-order valence-corrected chi connectivity index (χ1v) is 7.81. The van der Waals surface area contributed by atoms with Crippen molar-refractivity contribution in [2.75, 3.05) is 6.54 Å². The van der Waals surface area contributed by atoms with E-state index in [4.69, 9.17) is 17.3 Å². The highest BCUT2D eigenvalue weighted by Gasteiger charge is 2.35. The van der Waals surface area contributed by atoms with Gasteiger partial charge >= 0.3 is 0 Å². The molecule has 0 amide bonds. The molecular weight excluding hydrogens is 250 g/mol. The largest absolute Gasteiger partial charge is 0.330 e. The molecule has 0 aliphatic heterocycles. The van der Waals surface area contributed by atoms with E-state index in [0.717, 1.165) is 23.2 Å². The Bertz CT molecular complexity index is 363. The predicted molar refractivity (Wildman–Crippen MR) is 76.8 cm³/mol. The van der Waals surface area contributed by atoms with Crippen LogP contribution in [0.3, 0.4) is 0 Å². The van der Waals surface area contributed by atoms with E-state index >= 15 is 0 Å². The van der Waals surface area contributed by atoms with Gasteiger partial charge in [-0.25, -0.2) is 0 Å². The van der Waals surface area contributed by atoms with Gasteiger partial charge < -0.3 is 5.73 Å². The summed E-state index contributed by atoms with van der Waals surface area (Å²) in [5.74, 6) is 0.878. The Morgan fingerprint density at radius 3 is 2.94 bits per heavy atom. The molecule has 2 atom stereocenters. The highest BCUT2D eigenvalue weighted by molar-refractivity contribution is 7.16. The maximum atomic E-state index is 6.08. The number of hydrogen-bond acceptors (Lipinski definition) is 2. The lowest BCUT2D eigenvalue weighted by molar-refractivity contribution is 0.143. The third kappa shape index (κ3) is 3.24. The minimum atomic E-state index is 0.340. The van der Waals surface area contributed by atoms with Gasteiger partial charge in [-0.05, 0) is 49.3 Å². The third-order valence-electron chi connectivity index (χ3n) is 4.23. The Labute approximate surface area is 113 Å². The molecule has 2 unspecified atom stereocenters. The summed E-state index contributed by atoms with van der Waals surface area (Å²) >= 11 is 7.72. The van der Waals surface area contributed by atoms with Gasteiger partial charge in [0.25, 0.3) is 0 Å². The Morgan fingerprint density at radius 1 is 1.53 bits per heavy atom. The van der Waals surface area contributed by atoms with Crippen LogP contribution in [0.2, 0.25) is 4.34 Å². The second kappa shape index (κ2) is 5.73. The van der Waals surface area contributed by atoms with E-state index in [1.807, 2.05) is 6.07 Å². The molecule has 0 bridgehead atoms. The third-order valence-corrected chi connectivity index (χ3v) is 5.46. The fourth-order valence-corrected chi connectivity index (χ4v) is 4.43. The van der Waals surface area contributed by atoms with Crippen LogP contribution in [0, 0.1) is 11.3 Å². The average Bonchev–Trinajstić information content (AvgIpc) is 2.75. The van der Waals surface area contributed by atoms with E-state index in [2.05, 4.69) is 13.0 Å². The van der Waals surface area contributed by atoms with Crippen LogP contribution < -0.4 is 5.73 Å². The summed E-state index contributed by atoms with van der Waals surface area (Å²) in [6.45, 7) is 3.12. The molecule has 0 saturated heterocycles. The van der Waals surface area contributed by atoms with Crippen molar-refractivity contribution in [2.24, 2.45) is 17.1 Å². The Morgan fingerprint density at radius 2 is 2.35 bits per heavy atom. The predicted octanol–water partition coefficient (Wildman–Crippen LogP) is 4.49. The van der Waals surface area contributed by atoms with Crippen LogP contribution in [-0.4, -0.2) is 6.54 Å². The van der Waals surface area contributed by atoms with Crippen LogP contribution >= 0.6 is 22.9 Å². The summed E-state index contributed by atoms with van der Waals surface area (Å²) in [5, 5.41) is 0. The van der Waals surface area contributed by atoms with Crippen molar-refractivity contribution in [3.8, 4) is 0 Å². The first-order chi connectivity index (χ1) is 8.17. The van der Waals surface area contributed by atoms with Crippen molar-refractivity contribution >= 4 is 22.9 Å². The molecule has 0 aromatic carbocycles. The van der Waals surface area contributed by atoms with Crippen LogP contribution in [0.5, 0.6) is 0 Å². The van der Waals surface area contributed by atoms with E-state index in [-0.39, 0.29) is 0 Å². The average molecular weight is 272 g/mol. The number of thiophene rings is 1. The van der Waals surface area contributed by atoms with Gasteiger partial charge in [0, 0.05) is 4.88 Å². The minimum absolute atomic E-state index is 0.340. The van der Waals surface area contributed by atoms with Gasteiger partial charge in [-0.15, -0.1) is 11.3 Å². The zero-order valence-corrected chi connectivity index (χ0v) is 12.1. The van der Waals surface area contributed by atoms with Crippen LogP contribution in [-0.2, 0) is 6.42 Å². The molecule has 1 fully saturated rings. The van der Waals surface area contributed by atoms with E-state index in [1.165, 1.54) is 37.0 Å². The second-order valence-corrected chi connectivity index (χ2v) is 7.26. The minimum Gasteiger partial charge on any atom is -0.330 e. The summed E-state index contributed by atoms with van der Waals surface area (Å²) in [6.07, 6.45) is 7.74.